The van der Waals surface area contributed by atoms with Crippen LogP contribution in [0.4, 0.5) is 5.69 Å². The number of Topliss-reactive ketones (excluding diaryl/α,β-unsaturated/α-hetero) is 2. The normalized spacial score (nSPS) is 16.1. The highest BCUT2D eigenvalue weighted by atomic mass is 16.3. The predicted molar refractivity (Wildman–Crippen MR) is 159 cm³/mol. The van der Waals surface area contributed by atoms with E-state index in [1.807, 2.05) is 18.2 Å². The van der Waals surface area contributed by atoms with Crippen molar-refractivity contribution < 1.29 is 24.3 Å². The summed E-state index contributed by atoms with van der Waals surface area (Å²) in [6.45, 7) is 0. The SMILES string of the molecule is O=C1c2ccc3c4c(ccc(c24)C(=O)C1c1nc2ccc(O)cc2c(=O)[nH]1)C(=O)N(c1ccc(C2=CCC=C2)cc1)C3=O. The number of nitrogens with one attached hydrogen (secondary N) is 1. The Hall–Kier alpha value is -5.96. The summed E-state index contributed by atoms with van der Waals surface area (Å²) in [5.41, 5.74) is 2.79. The smallest absolute Gasteiger partial charge is 0.265 e. The van der Waals surface area contributed by atoms with Gasteiger partial charge in [0.25, 0.3) is 17.4 Å². The van der Waals surface area contributed by atoms with Gasteiger partial charge in [0.1, 0.15) is 17.5 Å². The Morgan fingerprint density at radius 3 is 2.02 bits per heavy atom. The number of fused-ring (bicyclic) bond motifs is 1. The molecule has 3 aliphatic rings. The number of aromatic hydroxyl groups is 1. The van der Waals surface area contributed by atoms with E-state index in [0.29, 0.717) is 5.69 Å². The van der Waals surface area contributed by atoms with Crippen LogP contribution in [0.15, 0.2) is 89.8 Å². The van der Waals surface area contributed by atoms with Crippen LogP contribution in [0.25, 0.3) is 27.2 Å². The van der Waals surface area contributed by atoms with E-state index in [4.69, 9.17) is 0 Å². The van der Waals surface area contributed by atoms with Crippen LogP contribution < -0.4 is 10.5 Å². The molecule has 2 amide bonds. The second-order valence-corrected chi connectivity index (χ2v) is 10.7. The number of amides is 2. The standard InChI is InChI=1S/C34H19N3O6/c38-19-9-14-25-24(15-19)32(41)36-31(35-25)28-29(39)20-10-12-22-27-23(13-11-21(26(20)27)30(28)40)34(43)37(33(22)42)18-7-5-17(6-8-18)16-3-1-2-4-16/h1,3-15,28,38H,2H2,(H,35,36,41). The molecule has 0 saturated carbocycles. The monoisotopic (exact) mass is 565 g/mol. The van der Waals surface area contributed by atoms with Gasteiger partial charge in [0, 0.05) is 33.0 Å². The van der Waals surface area contributed by atoms with E-state index >= 15 is 0 Å². The zero-order valence-corrected chi connectivity index (χ0v) is 22.3. The number of nitrogens with zero attached hydrogens (tertiary/aromatic N) is 2. The number of phenolic OH excluding ortho intramolecular Hbond substituents is 1. The third-order valence-electron chi connectivity index (χ3n) is 8.29. The minimum absolute atomic E-state index is 0.113. The Morgan fingerprint density at radius 2 is 1.40 bits per heavy atom. The van der Waals surface area contributed by atoms with Crippen molar-refractivity contribution in [3.63, 3.8) is 0 Å². The van der Waals surface area contributed by atoms with Crippen LogP contribution in [0, 0.1) is 0 Å². The third-order valence-corrected chi connectivity index (χ3v) is 8.29. The van der Waals surface area contributed by atoms with Crippen LogP contribution in [-0.4, -0.2) is 38.5 Å². The minimum Gasteiger partial charge on any atom is -0.508 e. The van der Waals surface area contributed by atoms with Crippen molar-refractivity contribution in [3.05, 3.63) is 129 Å². The molecule has 1 aliphatic heterocycles. The number of ketones is 2. The summed E-state index contributed by atoms with van der Waals surface area (Å²) in [6, 6.07) is 17.2. The molecular weight excluding hydrogens is 546 g/mol. The maximum Gasteiger partial charge on any atom is 0.265 e. The van der Waals surface area contributed by atoms with Crippen LogP contribution in [0.1, 0.15) is 65.2 Å². The van der Waals surface area contributed by atoms with Crippen molar-refractivity contribution in [3.8, 4) is 5.75 Å². The van der Waals surface area contributed by atoms with E-state index in [-0.39, 0.29) is 55.5 Å². The molecule has 0 bridgehead atoms. The number of anilines is 1. The van der Waals surface area contributed by atoms with Crippen LogP contribution in [-0.2, 0) is 0 Å². The first-order chi connectivity index (χ1) is 20.8. The van der Waals surface area contributed by atoms with Crippen molar-refractivity contribution >= 4 is 56.3 Å². The Kier molecular flexibility index (Phi) is 5.06. The third kappa shape index (κ3) is 3.45. The molecule has 0 saturated heterocycles. The summed E-state index contributed by atoms with van der Waals surface area (Å²) >= 11 is 0. The molecule has 1 aromatic heterocycles. The Balaban J connectivity index is 1.23. The van der Waals surface area contributed by atoms with Crippen molar-refractivity contribution in [2.24, 2.45) is 0 Å². The molecule has 8 rings (SSSR count). The Bertz CT molecular complexity index is 2210. The lowest BCUT2D eigenvalue weighted by molar-refractivity contribution is 0.0843. The number of hydrogen-bond donors (Lipinski definition) is 2. The number of rotatable bonds is 3. The summed E-state index contributed by atoms with van der Waals surface area (Å²) in [5, 5.41) is 10.4. The van der Waals surface area contributed by atoms with Gasteiger partial charge in [-0.05, 0) is 72.2 Å². The van der Waals surface area contributed by atoms with E-state index in [2.05, 4.69) is 22.1 Å². The number of carbonyl (C=O) groups excluding carboxylic acids is 4. The molecule has 0 fully saturated rings. The van der Waals surface area contributed by atoms with Gasteiger partial charge in [-0.25, -0.2) is 9.88 Å². The van der Waals surface area contributed by atoms with Crippen LogP contribution in [0.5, 0.6) is 5.75 Å². The first-order valence-corrected chi connectivity index (χ1v) is 13.6. The van der Waals surface area contributed by atoms with Crippen LogP contribution in [0.2, 0.25) is 0 Å². The summed E-state index contributed by atoms with van der Waals surface area (Å²) in [6.07, 6.45) is 7.03. The number of phenols is 1. The summed E-state index contributed by atoms with van der Waals surface area (Å²) in [4.78, 5) is 76.0. The number of imide groups is 1. The molecule has 9 heteroatoms. The van der Waals surface area contributed by atoms with Gasteiger partial charge in [0.2, 0.25) is 0 Å². The fraction of sp³-hybridized carbons (Fsp3) is 0.0588. The molecule has 2 aliphatic carbocycles. The van der Waals surface area contributed by atoms with Crippen molar-refractivity contribution in [2.75, 3.05) is 4.90 Å². The fourth-order valence-electron chi connectivity index (χ4n) is 6.27. The molecule has 2 heterocycles. The molecule has 0 atom stereocenters. The number of benzene rings is 4. The second kappa shape index (κ2) is 8.77. The number of carbonyl (C=O) groups is 4. The quantitative estimate of drug-likeness (QED) is 0.230. The zero-order valence-electron chi connectivity index (χ0n) is 22.3. The zero-order chi connectivity index (χ0) is 29.6. The lowest BCUT2D eigenvalue weighted by Crippen LogP contribution is -2.41. The van der Waals surface area contributed by atoms with E-state index in [0.717, 1.165) is 22.5 Å². The highest BCUT2D eigenvalue weighted by Gasteiger charge is 2.43. The van der Waals surface area contributed by atoms with Crippen LogP contribution >= 0.6 is 0 Å². The van der Waals surface area contributed by atoms with E-state index in [9.17, 15) is 29.1 Å². The first-order valence-electron chi connectivity index (χ1n) is 13.6. The molecule has 4 aromatic carbocycles. The average molecular weight is 566 g/mol. The van der Waals surface area contributed by atoms with Gasteiger partial charge in [0.05, 0.1) is 16.6 Å². The molecule has 5 aromatic rings. The highest BCUT2D eigenvalue weighted by molar-refractivity contribution is 6.40. The molecule has 9 nitrogen and oxygen atoms in total. The molecular formula is C34H19N3O6. The second-order valence-electron chi connectivity index (χ2n) is 10.7. The maximum absolute atomic E-state index is 13.8. The van der Waals surface area contributed by atoms with E-state index < -0.39 is 34.9 Å². The fourth-order valence-corrected chi connectivity index (χ4v) is 6.27. The van der Waals surface area contributed by atoms with Crippen molar-refractivity contribution in [2.45, 2.75) is 12.3 Å². The summed E-state index contributed by atoms with van der Waals surface area (Å²) in [5.74, 6) is -3.98. The molecule has 0 spiro atoms. The topological polar surface area (TPSA) is 138 Å². The molecule has 2 N–H and O–H groups in total. The number of allylic oxidation sites excluding steroid dienone is 4. The van der Waals surface area contributed by atoms with Gasteiger partial charge in [-0.15, -0.1) is 0 Å². The summed E-state index contributed by atoms with van der Waals surface area (Å²) in [7, 11) is 0. The van der Waals surface area contributed by atoms with Gasteiger partial charge >= 0.3 is 0 Å². The highest BCUT2D eigenvalue weighted by Crippen LogP contribution is 2.42. The van der Waals surface area contributed by atoms with Gasteiger partial charge in [-0.1, -0.05) is 30.4 Å². The average Bonchev–Trinajstić information content (AvgIpc) is 3.55. The van der Waals surface area contributed by atoms with Crippen molar-refractivity contribution in [1.29, 1.82) is 0 Å². The largest absolute Gasteiger partial charge is 0.508 e. The maximum atomic E-state index is 13.8. The number of H-pyrrole nitrogens is 1. The van der Waals surface area contributed by atoms with Gasteiger partial charge in [-0.2, -0.15) is 0 Å². The molecule has 43 heavy (non-hydrogen) atoms. The van der Waals surface area contributed by atoms with E-state index in [1.165, 1.54) is 42.5 Å². The predicted octanol–water partition coefficient (Wildman–Crippen LogP) is 5.09. The number of aromatic nitrogens is 2. The Labute approximate surface area is 242 Å². The van der Waals surface area contributed by atoms with Crippen LogP contribution in [0.3, 0.4) is 0 Å². The molecule has 0 radical (unpaired) electrons. The number of hydrogen-bond acceptors (Lipinski definition) is 7. The first kappa shape index (κ1) is 24.8. The number of aromatic amines is 1. The minimum atomic E-state index is -1.42. The lowest BCUT2D eigenvalue weighted by Gasteiger charge is -2.30. The molecule has 206 valence electrons. The molecule has 0 unspecified atom stereocenters. The van der Waals surface area contributed by atoms with Gasteiger partial charge in [0.15, 0.2) is 11.6 Å². The summed E-state index contributed by atoms with van der Waals surface area (Å²) < 4.78 is 0. The lowest BCUT2D eigenvalue weighted by atomic mass is 9.76. The Morgan fingerprint density at radius 1 is 0.767 bits per heavy atom. The van der Waals surface area contributed by atoms with Crippen molar-refractivity contribution in [1.82, 2.24) is 9.97 Å². The van der Waals surface area contributed by atoms with Gasteiger partial charge < -0.3 is 10.1 Å². The van der Waals surface area contributed by atoms with E-state index in [1.54, 1.807) is 12.1 Å². The van der Waals surface area contributed by atoms with Gasteiger partial charge in [-0.3, -0.25) is 24.0 Å².